The van der Waals surface area contributed by atoms with Gasteiger partial charge in [0.05, 0.1) is 6.54 Å². The van der Waals surface area contributed by atoms with Crippen molar-refractivity contribution < 1.29 is 18.9 Å². The molecule has 2 heterocycles. The van der Waals surface area contributed by atoms with E-state index in [4.69, 9.17) is 23.9 Å². The van der Waals surface area contributed by atoms with Gasteiger partial charge in [-0.25, -0.2) is 0 Å². The highest BCUT2D eigenvalue weighted by Gasteiger charge is 2.67. The maximum absolute atomic E-state index is 6.74. The van der Waals surface area contributed by atoms with Gasteiger partial charge in [-0.1, -0.05) is 66.7 Å². The van der Waals surface area contributed by atoms with Crippen molar-refractivity contribution in [2.24, 2.45) is 4.99 Å². The molecule has 1 fully saturated rings. The summed E-state index contributed by atoms with van der Waals surface area (Å²) in [5, 5.41) is 0. The van der Waals surface area contributed by atoms with Gasteiger partial charge in [-0.15, -0.1) is 0 Å². The number of rotatable bonds is 6. The highest BCUT2D eigenvalue weighted by atomic mass is 16.8. The summed E-state index contributed by atoms with van der Waals surface area (Å²) in [7, 11) is 0. The maximum Gasteiger partial charge on any atom is 0.184 e. The summed E-state index contributed by atoms with van der Waals surface area (Å²) in [4.78, 5) is 4.72. The SMILES string of the molecule is CC1(C)O[C@@H]2CC=C3c4cc([C@H]5CN=C(CCc6ccccc6)O5)ccc4[C@@H](Oc4ccccc4)[C@]32O1. The molecule has 0 unspecified atom stereocenters. The normalized spacial score (nSPS) is 28.6. The van der Waals surface area contributed by atoms with Crippen LogP contribution in [0.25, 0.3) is 5.57 Å². The highest BCUT2D eigenvalue weighted by Crippen LogP contribution is 2.62. The summed E-state index contributed by atoms with van der Waals surface area (Å²) in [6.07, 6.45) is 4.38. The minimum Gasteiger partial charge on any atom is -0.482 e. The van der Waals surface area contributed by atoms with Gasteiger partial charge >= 0.3 is 0 Å². The Morgan fingerprint density at radius 1 is 0.946 bits per heavy atom. The van der Waals surface area contributed by atoms with Crippen LogP contribution in [0.3, 0.4) is 0 Å². The van der Waals surface area contributed by atoms with Gasteiger partial charge in [0.1, 0.15) is 18.0 Å². The number of benzene rings is 3. The number of fused-ring (bicyclic) bond motifs is 2. The minimum absolute atomic E-state index is 0.0731. The van der Waals surface area contributed by atoms with Crippen molar-refractivity contribution in [1.82, 2.24) is 0 Å². The number of ether oxygens (including phenoxy) is 4. The molecule has 0 radical (unpaired) electrons. The van der Waals surface area contributed by atoms with E-state index in [1.807, 2.05) is 50.2 Å². The molecule has 0 aromatic heterocycles. The molecular formula is C32H31NO4. The van der Waals surface area contributed by atoms with E-state index in [1.165, 1.54) is 16.7 Å². The van der Waals surface area contributed by atoms with E-state index in [0.717, 1.165) is 42.0 Å². The highest BCUT2D eigenvalue weighted by molar-refractivity contribution is 5.84. The molecule has 1 spiro atoms. The number of aryl methyl sites for hydroxylation is 1. The third-order valence-electron chi connectivity index (χ3n) is 7.87. The topological polar surface area (TPSA) is 49.3 Å². The lowest BCUT2D eigenvalue weighted by atomic mass is 9.91. The molecule has 4 aliphatic rings. The van der Waals surface area contributed by atoms with Crippen LogP contribution in [0.2, 0.25) is 0 Å². The third-order valence-corrected chi connectivity index (χ3v) is 7.87. The Morgan fingerprint density at radius 3 is 2.54 bits per heavy atom. The average Bonchev–Trinajstić information content (AvgIpc) is 3.63. The molecule has 0 saturated carbocycles. The van der Waals surface area contributed by atoms with Gasteiger partial charge in [0.15, 0.2) is 23.4 Å². The molecular weight excluding hydrogens is 462 g/mol. The number of hydrogen-bond acceptors (Lipinski definition) is 5. The average molecular weight is 494 g/mol. The van der Waals surface area contributed by atoms with E-state index < -0.39 is 11.4 Å². The molecule has 2 aliphatic carbocycles. The smallest absolute Gasteiger partial charge is 0.184 e. The first-order chi connectivity index (χ1) is 18.0. The molecule has 0 bridgehead atoms. The van der Waals surface area contributed by atoms with Crippen molar-refractivity contribution in [2.75, 3.05) is 6.54 Å². The molecule has 3 aromatic carbocycles. The summed E-state index contributed by atoms with van der Waals surface area (Å²) in [5.41, 5.74) is 5.25. The zero-order chi connectivity index (χ0) is 25.0. The molecule has 4 atom stereocenters. The molecule has 3 aromatic rings. The maximum atomic E-state index is 6.74. The van der Waals surface area contributed by atoms with E-state index in [0.29, 0.717) is 6.54 Å². The lowest BCUT2D eigenvalue weighted by molar-refractivity contribution is -0.166. The lowest BCUT2D eigenvalue weighted by Crippen LogP contribution is -2.43. The first kappa shape index (κ1) is 22.8. The molecule has 1 saturated heterocycles. The Kier molecular flexibility index (Phi) is 5.27. The van der Waals surface area contributed by atoms with Crippen LogP contribution in [-0.4, -0.2) is 29.9 Å². The van der Waals surface area contributed by atoms with Crippen LogP contribution in [0.4, 0.5) is 0 Å². The van der Waals surface area contributed by atoms with Crippen LogP contribution in [0.15, 0.2) is 89.9 Å². The predicted molar refractivity (Wildman–Crippen MR) is 143 cm³/mol. The van der Waals surface area contributed by atoms with Crippen molar-refractivity contribution in [2.45, 2.75) is 62.8 Å². The third kappa shape index (κ3) is 3.80. The second kappa shape index (κ2) is 8.57. The Hall–Kier alpha value is -3.41. The van der Waals surface area contributed by atoms with Crippen molar-refractivity contribution in [3.63, 3.8) is 0 Å². The summed E-state index contributed by atoms with van der Waals surface area (Å²) in [6.45, 7) is 4.63. The molecule has 7 rings (SSSR count). The molecule has 2 aliphatic heterocycles. The molecule has 5 heteroatoms. The van der Waals surface area contributed by atoms with Gasteiger partial charge in [-0.3, -0.25) is 4.99 Å². The zero-order valence-corrected chi connectivity index (χ0v) is 21.2. The standard InChI is InChI=1S/C32H31NO4/c1-31(2)36-28-17-16-26-25-19-22(27-20-33-29(35-27)18-13-21-9-5-3-6-10-21)14-15-24(25)30(32(26,28)37-31)34-23-11-7-4-8-12-23/h3-12,14-16,19,27-28,30H,13,17-18,20H2,1-2H3/t27-,28-,30-,32+/m1/s1. The Labute approximate surface area is 217 Å². The molecule has 0 amide bonds. The summed E-state index contributed by atoms with van der Waals surface area (Å²) in [5.74, 6) is 0.988. The Bertz CT molecular complexity index is 1380. The van der Waals surface area contributed by atoms with Gasteiger partial charge in [-0.2, -0.15) is 0 Å². The monoisotopic (exact) mass is 493 g/mol. The van der Waals surface area contributed by atoms with Gasteiger partial charge in [0, 0.05) is 12.0 Å². The van der Waals surface area contributed by atoms with Gasteiger partial charge in [-0.05, 0) is 67.2 Å². The van der Waals surface area contributed by atoms with Gasteiger partial charge < -0.3 is 18.9 Å². The molecule has 188 valence electrons. The predicted octanol–water partition coefficient (Wildman–Crippen LogP) is 6.60. The number of nitrogens with zero attached hydrogens (tertiary/aromatic N) is 1. The van der Waals surface area contributed by atoms with Crippen molar-refractivity contribution in [3.05, 3.63) is 107 Å². The Balaban J connectivity index is 1.17. The fourth-order valence-electron chi connectivity index (χ4n) is 6.33. The van der Waals surface area contributed by atoms with Crippen LogP contribution < -0.4 is 4.74 Å². The zero-order valence-electron chi connectivity index (χ0n) is 21.2. The second-order valence-electron chi connectivity index (χ2n) is 10.7. The van der Waals surface area contributed by atoms with E-state index in [9.17, 15) is 0 Å². The number of aliphatic imine (C=N–C) groups is 1. The van der Waals surface area contributed by atoms with Crippen LogP contribution in [0, 0.1) is 0 Å². The van der Waals surface area contributed by atoms with Crippen LogP contribution >= 0.6 is 0 Å². The Morgan fingerprint density at radius 2 is 1.73 bits per heavy atom. The van der Waals surface area contributed by atoms with Crippen LogP contribution in [-0.2, 0) is 20.6 Å². The largest absolute Gasteiger partial charge is 0.482 e. The summed E-state index contributed by atoms with van der Waals surface area (Å²) < 4.78 is 26.1. The summed E-state index contributed by atoms with van der Waals surface area (Å²) in [6, 6.07) is 27.1. The van der Waals surface area contributed by atoms with E-state index in [-0.39, 0.29) is 18.3 Å². The number of para-hydroxylation sites is 1. The first-order valence-electron chi connectivity index (χ1n) is 13.2. The first-order valence-corrected chi connectivity index (χ1v) is 13.2. The van der Waals surface area contributed by atoms with Gasteiger partial charge in [0.25, 0.3) is 0 Å². The molecule has 0 N–H and O–H groups in total. The minimum atomic E-state index is -0.677. The van der Waals surface area contributed by atoms with Crippen LogP contribution in [0.1, 0.15) is 61.2 Å². The van der Waals surface area contributed by atoms with E-state index in [1.54, 1.807) is 0 Å². The second-order valence-corrected chi connectivity index (χ2v) is 10.7. The number of hydrogen-bond donors (Lipinski definition) is 0. The lowest BCUT2D eigenvalue weighted by Gasteiger charge is -2.33. The van der Waals surface area contributed by atoms with E-state index in [2.05, 4.69) is 48.5 Å². The van der Waals surface area contributed by atoms with E-state index >= 15 is 0 Å². The molecule has 37 heavy (non-hydrogen) atoms. The van der Waals surface area contributed by atoms with Gasteiger partial charge in [0.2, 0.25) is 0 Å². The molecule has 5 nitrogen and oxygen atoms in total. The quantitative estimate of drug-likeness (QED) is 0.388. The summed E-state index contributed by atoms with van der Waals surface area (Å²) >= 11 is 0. The van der Waals surface area contributed by atoms with Crippen molar-refractivity contribution in [3.8, 4) is 5.75 Å². The van der Waals surface area contributed by atoms with Crippen molar-refractivity contribution in [1.29, 1.82) is 0 Å². The fraction of sp³-hybridized carbons (Fsp3) is 0.344. The van der Waals surface area contributed by atoms with Crippen LogP contribution in [0.5, 0.6) is 5.75 Å². The van der Waals surface area contributed by atoms with Crippen molar-refractivity contribution >= 4 is 11.5 Å². The fourth-order valence-corrected chi connectivity index (χ4v) is 6.33.